The van der Waals surface area contributed by atoms with Gasteiger partial charge in [-0.15, -0.1) is 0 Å². The molecule has 3 fully saturated rings. The number of aliphatic hydroxyl groups excluding tert-OH is 1. The summed E-state index contributed by atoms with van der Waals surface area (Å²) in [5.41, 5.74) is 6.02. The highest BCUT2D eigenvalue weighted by atomic mass is 16.3. The van der Waals surface area contributed by atoms with Gasteiger partial charge in [-0.05, 0) is 52.0 Å². The van der Waals surface area contributed by atoms with Crippen molar-refractivity contribution < 1.29 is 5.11 Å². The minimum atomic E-state index is -0.327. The first-order chi connectivity index (χ1) is 9.61. The van der Waals surface area contributed by atoms with Gasteiger partial charge in [0.25, 0.3) is 0 Å². The fourth-order valence-corrected chi connectivity index (χ4v) is 4.67. The van der Waals surface area contributed by atoms with Crippen LogP contribution in [0.5, 0.6) is 0 Å². The number of piperidine rings is 1. The van der Waals surface area contributed by atoms with Crippen LogP contribution in [0.25, 0.3) is 0 Å². The van der Waals surface area contributed by atoms with Crippen LogP contribution in [0.1, 0.15) is 51.9 Å². The van der Waals surface area contributed by atoms with E-state index in [1.165, 1.54) is 51.7 Å². The summed E-state index contributed by atoms with van der Waals surface area (Å²) in [6.45, 7) is 6.24. The number of piperazine rings is 1. The Morgan fingerprint density at radius 3 is 2.75 bits per heavy atom. The second-order valence-corrected chi connectivity index (χ2v) is 7.46. The molecule has 20 heavy (non-hydrogen) atoms. The molecule has 0 bridgehead atoms. The summed E-state index contributed by atoms with van der Waals surface area (Å²) >= 11 is 0. The molecule has 1 aliphatic carbocycles. The van der Waals surface area contributed by atoms with Crippen molar-refractivity contribution in [1.82, 2.24) is 9.80 Å². The summed E-state index contributed by atoms with van der Waals surface area (Å²) < 4.78 is 0. The Morgan fingerprint density at radius 1 is 1.15 bits per heavy atom. The fraction of sp³-hybridized carbons (Fsp3) is 1.00. The van der Waals surface area contributed by atoms with Gasteiger partial charge in [0.05, 0.1) is 6.61 Å². The maximum atomic E-state index is 9.57. The van der Waals surface area contributed by atoms with Crippen LogP contribution in [0.4, 0.5) is 0 Å². The summed E-state index contributed by atoms with van der Waals surface area (Å²) in [7, 11) is 0. The first-order valence-corrected chi connectivity index (χ1v) is 8.51. The SMILES string of the molecule is CC1CN2CCCCC2CN1C1CCCC(N)(CO)C1. The molecule has 3 N–H and O–H groups in total. The van der Waals surface area contributed by atoms with Crippen LogP contribution < -0.4 is 5.73 Å². The van der Waals surface area contributed by atoms with Crippen LogP contribution in [0, 0.1) is 0 Å². The molecule has 2 saturated heterocycles. The lowest BCUT2D eigenvalue weighted by molar-refractivity contribution is -0.0276. The molecule has 4 unspecified atom stereocenters. The Bertz CT molecular complexity index is 338. The maximum Gasteiger partial charge on any atom is 0.0611 e. The first-order valence-electron chi connectivity index (χ1n) is 8.51. The molecule has 2 heterocycles. The van der Waals surface area contributed by atoms with E-state index in [2.05, 4.69) is 16.7 Å². The molecular formula is C16H31N3O. The number of hydrogen-bond acceptors (Lipinski definition) is 4. The van der Waals surface area contributed by atoms with E-state index in [4.69, 9.17) is 5.73 Å². The first kappa shape index (κ1) is 14.8. The predicted octanol–water partition coefficient (Wildman–Crippen LogP) is 1.18. The number of rotatable bonds is 2. The van der Waals surface area contributed by atoms with Crippen molar-refractivity contribution in [2.45, 2.75) is 75.5 Å². The van der Waals surface area contributed by atoms with Crippen molar-refractivity contribution in [3.05, 3.63) is 0 Å². The van der Waals surface area contributed by atoms with Crippen LogP contribution in [-0.4, -0.2) is 64.8 Å². The molecule has 0 amide bonds. The number of aliphatic hydroxyl groups is 1. The van der Waals surface area contributed by atoms with Gasteiger partial charge >= 0.3 is 0 Å². The number of hydrogen-bond donors (Lipinski definition) is 2. The Hall–Kier alpha value is -0.160. The minimum Gasteiger partial charge on any atom is -0.394 e. The molecule has 1 saturated carbocycles. The molecule has 0 radical (unpaired) electrons. The quantitative estimate of drug-likeness (QED) is 0.798. The van der Waals surface area contributed by atoms with Crippen LogP contribution in [0.15, 0.2) is 0 Å². The zero-order valence-corrected chi connectivity index (χ0v) is 12.9. The zero-order chi connectivity index (χ0) is 14.2. The predicted molar refractivity (Wildman–Crippen MR) is 81.6 cm³/mol. The molecule has 0 aromatic carbocycles. The van der Waals surface area contributed by atoms with Gasteiger partial charge in [-0.1, -0.05) is 6.42 Å². The van der Waals surface area contributed by atoms with E-state index in [1.54, 1.807) is 0 Å². The summed E-state index contributed by atoms with van der Waals surface area (Å²) in [6.07, 6.45) is 8.52. The summed E-state index contributed by atoms with van der Waals surface area (Å²) in [5.74, 6) is 0. The van der Waals surface area contributed by atoms with Gasteiger partial charge in [0.15, 0.2) is 0 Å². The molecule has 4 heteroatoms. The third-order valence-corrected chi connectivity index (χ3v) is 5.87. The molecule has 116 valence electrons. The highest BCUT2D eigenvalue weighted by Crippen LogP contribution is 2.33. The topological polar surface area (TPSA) is 52.7 Å². The van der Waals surface area contributed by atoms with Crippen molar-refractivity contribution in [2.24, 2.45) is 5.73 Å². The van der Waals surface area contributed by atoms with E-state index < -0.39 is 0 Å². The number of nitrogens with zero attached hydrogens (tertiary/aromatic N) is 2. The highest BCUT2D eigenvalue weighted by molar-refractivity contribution is 4.98. The standard InChI is InChI=1S/C16H31N3O/c1-13-10-18-8-3-2-5-15(18)11-19(13)14-6-4-7-16(17,9-14)12-20/h13-15,20H,2-12,17H2,1H3. The molecular weight excluding hydrogens is 250 g/mol. The van der Waals surface area contributed by atoms with Gasteiger partial charge in [-0.3, -0.25) is 9.80 Å². The number of fused-ring (bicyclic) bond motifs is 1. The van der Waals surface area contributed by atoms with E-state index in [0.717, 1.165) is 18.9 Å². The van der Waals surface area contributed by atoms with E-state index in [0.29, 0.717) is 12.1 Å². The zero-order valence-electron chi connectivity index (χ0n) is 12.9. The van der Waals surface area contributed by atoms with Crippen molar-refractivity contribution in [2.75, 3.05) is 26.2 Å². The molecule has 0 aromatic heterocycles. The van der Waals surface area contributed by atoms with Crippen molar-refractivity contribution >= 4 is 0 Å². The van der Waals surface area contributed by atoms with Crippen LogP contribution in [-0.2, 0) is 0 Å². The smallest absolute Gasteiger partial charge is 0.0611 e. The molecule has 0 spiro atoms. The molecule has 3 rings (SSSR count). The second-order valence-electron chi connectivity index (χ2n) is 7.46. The number of nitrogens with two attached hydrogens (primary N) is 1. The van der Waals surface area contributed by atoms with Gasteiger partial charge in [-0.2, -0.15) is 0 Å². The molecule has 4 atom stereocenters. The fourth-order valence-electron chi connectivity index (χ4n) is 4.67. The second kappa shape index (κ2) is 5.91. The lowest BCUT2D eigenvalue weighted by Gasteiger charge is -2.52. The lowest BCUT2D eigenvalue weighted by Crippen LogP contribution is -2.63. The minimum absolute atomic E-state index is 0.140. The van der Waals surface area contributed by atoms with Crippen LogP contribution in [0.3, 0.4) is 0 Å². The van der Waals surface area contributed by atoms with E-state index >= 15 is 0 Å². The third kappa shape index (κ3) is 2.89. The summed E-state index contributed by atoms with van der Waals surface area (Å²) in [6, 6.07) is 1.98. The average Bonchev–Trinajstić information content (AvgIpc) is 2.46. The average molecular weight is 281 g/mol. The van der Waals surface area contributed by atoms with Crippen LogP contribution in [0.2, 0.25) is 0 Å². The highest BCUT2D eigenvalue weighted by Gasteiger charge is 2.40. The van der Waals surface area contributed by atoms with Crippen LogP contribution >= 0.6 is 0 Å². The van der Waals surface area contributed by atoms with E-state index in [-0.39, 0.29) is 12.1 Å². The van der Waals surface area contributed by atoms with Crippen molar-refractivity contribution in [1.29, 1.82) is 0 Å². The van der Waals surface area contributed by atoms with Crippen molar-refractivity contribution in [3.8, 4) is 0 Å². The Balaban J connectivity index is 1.66. The summed E-state index contributed by atoms with van der Waals surface area (Å²) in [5, 5.41) is 9.57. The van der Waals surface area contributed by atoms with Gasteiger partial charge in [0.2, 0.25) is 0 Å². The lowest BCUT2D eigenvalue weighted by atomic mass is 9.78. The monoisotopic (exact) mass is 281 g/mol. The van der Waals surface area contributed by atoms with Gasteiger partial charge in [-0.25, -0.2) is 0 Å². The Labute approximate surface area is 123 Å². The largest absolute Gasteiger partial charge is 0.394 e. The normalized spacial score (nSPS) is 44.2. The maximum absolute atomic E-state index is 9.57. The molecule has 2 aliphatic heterocycles. The van der Waals surface area contributed by atoms with Gasteiger partial charge < -0.3 is 10.8 Å². The van der Waals surface area contributed by atoms with E-state index in [1.807, 2.05) is 0 Å². The Morgan fingerprint density at radius 2 is 1.95 bits per heavy atom. The van der Waals surface area contributed by atoms with E-state index in [9.17, 15) is 5.11 Å². The molecule has 3 aliphatic rings. The molecule has 4 nitrogen and oxygen atoms in total. The molecule has 0 aromatic rings. The van der Waals surface area contributed by atoms with Gasteiger partial charge in [0, 0.05) is 36.8 Å². The van der Waals surface area contributed by atoms with Crippen molar-refractivity contribution in [3.63, 3.8) is 0 Å². The third-order valence-electron chi connectivity index (χ3n) is 5.87. The summed E-state index contributed by atoms with van der Waals surface area (Å²) in [4.78, 5) is 5.41. The Kier molecular flexibility index (Phi) is 4.37. The van der Waals surface area contributed by atoms with Gasteiger partial charge in [0.1, 0.15) is 0 Å².